The van der Waals surface area contributed by atoms with Gasteiger partial charge in [-0.15, -0.1) is 0 Å². The van der Waals surface area contributed by atoms with E-state index >= 15 is 0 Å². The molecule has 112 valence electrons. The maximum Gasteiger partial charge on any atom is 0.416 e. The van der Waals surface area contributed by atoms with Crippen LogP contribution in [0.15, 0.2) is 18.2 Å². The van der Waals surface area contributed by atoms with E-state index in [9.17, 15) is 17.6 Å². The minimum Gasteiger partial charge on any atom is -0.369 e. The number of hydrogen-bond acceptors (Lipinski definition) is 2. The molecule has 1 N–H and O–H groups in total. The molecular weight excluding hydrogens is 272 g/mol. The molecule has 1 aliphatic heterocycles. The Hall–Kier alpha value is -1.30. The van der Waals surface area contributed by atoms with Crippen molar-refractivity contribution in [2.45, 2.75) is 32.0 Å². The van der Waals surface area contributed by atoms with Gasteiger partial charge in [-0.2, -0.15) is 13.2 Å². The zero-order chi connectivity index (χ0) is 14.8. The SMILES string of the molecule is CC1CCN(c2cc(C(F)(F)F)ccc2F)CCCN1. The molecule has 1 unspecified atom stereocenters. The molecule has 0 radical (unpaired) electrons. The van der Waals surface area contributed by atoms with Crippen LogP contribution in [0.1, 0.15) is 25.3 Å². The smallest absolute Gasteiger partial charge is 0.369 e. The number of alkyl halides is 3. The summed E-state index contributed by atoms with van der Waals surface area (Å²) >= 11 is 0. The predicted octanol–water partition coefficient (Wildman–Crippen LogP) is 3.42. The van der Waals surface area contributed by atoms with Gasteiger partial charge in [-0.1, -0.05) is 0 Å². The van der Waals surface area contributed by atoms with Crippen molar-refractivity contribution in [2.75, 3.05) is 24.5 Å². The van der Waals surface area contributed by atoms with Crippen LogP contribution in [0.4, 0.5) is 23.2 Å². The molecule has 0 bridgehead atoms. The van der Waals surface area contributed by atoms with Crippen LogP contribution in [-0.4, -0.2) is 25.7 Å². The zero-order valence-corrected chi connectivity index (χ0v) is 11.3. The molecule has 1 saturated heterocycles. The summed E-state index contributed by atoms with van der Waals surface area (Å²) in [4.78, 5) is 1.71. The van der Waals surface area contributed by atoms with Gasteiger partial charge in [0.2, 0.25) is 0 Å². The molecule has 1 heterocycles. The third-order valence-electron chi connectivity index (χ3n) is 3.54. The van der Waals surface area contributed by atoms with E-state index in [1.165, 1.54) is 0 Å². The molecular formula is C14H18F4N2. The molecule has 0 spiro atoms. The Balaban J connectivity index is 2.25. The number of nitrogens with one attached hydrogen (secondary N) is 1. The maximum absolute atomic E-state index is 13.8. The largest absolute Gasteiger partial charge is 0.416 e. The van der Waals surface area contributed by atoms with Crippen LogP contribution < -0.4 is 10.2 Å². The summed E-state index contributed by atoms with van der Waals surface area (Å²) in [6.45, 7) is 3.91. The number of benzene rings is 1. The van der Waals surface area contributed by atoms with Gasteiger partial charge in [0.1, 0.15) is 5.82 Å². The van der Waals surface area contributed by atoms with Crippen LogP contribution in [0.2, 0.25) is 0 Å². The summed E-state index contributed by atoms with van der Waals surface area (Å²) < 4.78 is 52.0. The van der Waals surface area contributed by atoms with Gasteiger partial charge < -0.3 is 10.2 Å². The Morgan fingerprint density at radius 2 is 2.00 bits per heavy atom. The van der Waals surface area contributed by atoms with Crippen LogP contribution in [0.25, 0.3) is 0 Å². The van der Waals surface area contributed by atoms with E-state index in [0.29, 0.717) is 13.1 Å². The van der Waals surface area contributed by atoms with Crippen LogP contribution in [0.5, 0.6) is 0 Å². The third kappa shape index (κ3) is 3.62. The topological polar surface area (TPSA) is 15.3 Å². The van der Waals surface area contributed by atoms with Crippen molar-refractivity contribution in [3.05, 3.63) is 29.6 Å². The summed E-state index contributed by atoms with van der Waals surface area (Å²) in [7, 11) is 0. The fourth-order valence-corrected chi connectivity index (χ4v) is 2.35. The highest BCUT2D eigenvalue weighted by Crippen LogP contribution is 2.33. The Morgan fingerprint density at radius 3 is 2.70 bits per heavy atom. The van der Waals surface area contributed by atoms with Crippen LogP contribution in [0.3, 0.4) is 0 Å². The lowest BCUT2D eigenvalue weighted by Gasteiger charge is -2.30. The molecule has 20 heavy (non-hydrogen) atoms. The molecule has 0 amide bonds. The highest BCUT2D eigenvalue weighted by Gasteiger charge is 2.31. The van der Waals surface area contributed by atoms with Gasteiger partial charge in [-0.25, -0.2) is 4.39 Å². The minimum atomic E-state index is -4.44. The lowest BCUT2D eigenvalue weighted by molar-refractivity contribution is -0.137. The summed E-state index contributed by atoms with van der Waals surface area (Å²) in [5.74, 6) is -0.598. The molecule has 2 rings (SSSR count). The first-order valence-corrected chi connectivity index (χ1v) is 6.73. The van der Waals surface area contributed by atoms with E-state index in [0.717, 1.165) is 37.6 Å². The Labute approximate surface area is 115 Å². The van der Waals surface area contributed by atoms with Gasteiger partial charge in [0.25, 0.3) is 0 Å². The van der Waals surface area contributed by atoms with Crippen molar-refractivity contribution in [1.82, 2.24) is 5.32 Å². The highest BCUT2D eigenvalue weighted by atomic mass is 19.4. The van der Waals surface area contributed by atoms with Crippen molar-refractivity contribution in [2.24, 2.45) is 0 Å². The summed E-state index contributed by atoms with van der Waals surface area (Å²) in [6, 6.07) is 2.88. The predicted molar refractivity (Wildman–Crippen MR) is 70.3 cm³/mol. The number of nitrogens with zero attached hydrogens (tertiary/aromatic N) is 1. The monoisotopic (exact) mass is 290 g/mol. The third-order valence-corrected chi connectivity index (χ3v) is 3.54. The van der Waals surface area contributed by atoms with E-state index in [-0.39, 0.29) is 11.7 Å². The van der Waals surface area contributed by atoms with Crippen LogP contribution in [0, 0.1) is 5.82 Å². The second-order valence-electron chi connectivity index (χ2n) is 5.15. The molecule has 1 aromatic rings. The second kappa shape index (κ2) is 5.99. The minimum absolute atomic E-state index is 0.0499. The number of halogens is 4. The molecule has 0 aliphatic carbocycles. The average molecular weight is 290 g/mol. The van der Waals surface area contributed by atoms with Crippen molar-refractivity contribution in [1.29, 1.82) is 0 Å². The van der Waals surface area contributed by atoms with Crippen molar-refractivity contribution >= 4 is 5.69 Å². The fourth-order valence-electron chi connectivity index (χ4n) is 2.35. The standard InChI is InChI=1S/C14H18F4N2/c1-10-5-8-20(7-2-6-19-10)13-9-11(14(16,17)18)3-4-12(13)15/h3-4,9-10,19H,2,5-8H2,1H3. The van der Waals surface area contributed by atoms with Gasteiger partial charge >= 0.3 is 6.18 Å². The van der Waals surface area contributed by atoms with Crippen molar-refractivity contribution < 1.29 is 17.6 Å². The summed E-state index contributed by atoms with van der Waals surface area (Å²) in [6.07, 6.45) is -2.89. The van der Waals surface area contributed by atoms with Crippen LogP contribution in [-0.2, 0) is 6.18 Å². The Bertz CT molecular complexity index is 459. The van der Waals surface area contributed by atoms with Crippen molar-refractivity contribution in [3.8, 4) is 0 Å². The van der Waals surface area contributed by atoms with E-state index < -0.39 is 17.6 Å². The van der Waals surface area contributed by atoms with Gasteiger partial charge in [0.15, 0.2) is 0 Å². The number of rotatable bonds is 1. The summed E-state index contributed by atoms with van der Waals surface area (Å²) in [5, 5.41) is 3.31. The summed E-state index contributed by atoms with van der Waals surface area (Å²) in [5.41, 5.74) is -0.754. The van der Waals surface area contributed by atoms with Crippen molar-refractivity contribution in [3.63, 3.8) is 0 Å². The number of anilines is 1. The number of hydrogen-bond donors (Lipinski definition) is 1. The molecule has 1 atom stereocenters. The molecule has 0 aromatic heterocycles. The molecule has 0 saturated carbocycles. The first kappa shape index (κ1) is 15.1. The highest BCUT2D eigenvalue weighted by molar-refractivity contribution is 5.50. The lowest BCUT2D eigenvalue weighted by Crippen LogP contribution is -2.38. The fraction of sp³-hybridized carbons (Fsp3) is 0.571. The van der Waals surface area contributed by atoms with E-state index in [4.69, 9.17) is 0 Å². The normalized spacial score (nSPS) is 21.4. The van der Waals surface area contributed by atoms with Crippen LogP contribution >= 0.6 is 0 Å². The van der Waals surface area contributed by atoms with Gasteiger partial charge in [0.05, 0.1) is 11.3 Å². The van der Waals surface area contributed by atoms with E-state index in [1.807, 2.05) is 6.92 Å². The van der Waals surface area contributed by atoms with Gasteiger partial charge in [-0.05, 0) is 44.5 Å². The van der Waals surface area contributed by atoms with E-state index in [1.54, 1.807) is 4.90 Å². The first-order valence-electron chi connectivity index (χ1n) is 6.73. The second-order valence-corrected chi connectivity index (χ2v) is 5.15. The van der Waals surface area contributed by atoms with Gasteiger partial charge in [-0.3, -0.25) is 0 Å². The maximum atomic E-state index is 13.8. The molecule has 1 fully saturated rings. The molecule has 6 heteroatoms. The molecule has 2 nitrogen and oxygen atoms in total. The van der Waals surface area contributed by atoms with Gasteiger partial charge in [0, 0.05) is 19.1 Å². The molecule has 1 aliphatic rings. The average Bonchev–Trinajstić information content (AvgIpc) is 2.34. The Kier molecular flexibility index (Phi) is 4.52. The van der Waals surface area contributed by atoms with E-state index in [2.05, 4.69) is 5.32 Å². The lowest BCUT2D eigenvalue weighted by atomic mass is 10.1. The molecule has 1 aromatic carbocycles. The Morgan fingerprint density at radius 1 is 1.25 bits per heavy atom. The quantitative estimate of drug-likeness (QED) is 0.797. The zero-order valence-electron chi connectivity index (χ0n) is 11.3. The first-order chi connectivity index (χ1) is 9.38.